The van der Waals surface area contributed by atoms with Gasteiger partial charge in [0.05, 0.1) is 40.9 Å². The minimum atomic E-state index is -0.199. The van der Waals surface area contributed by atoms with Gasteiger partial charge >= 0.3 is 0 Å². The number of carbonyl (C=O) groups excluding carboxylic acids is 1. The highest BCUT2D eigenvalue weighted by atomic mass is 35.5. The van der Waals surface area contributed by atoms with E-state index in [-0.39, 0.29) is 11.4 Å². The van der Waals surface area contributed by atoms with Gasteiger partial charge in [0.2, 0.25) is 5.95 Å². The van der Waals surface area contributed by atoms with Gasteiger partial charge < -0.3 is 15.5 Å². The summed E-state index contributed by atoms with van der Waals surface area (Å²) in [6.07, 6.45) is 8.78. The molecule has 10 nitrogen and oxygen atoms in total. The Morgan fingerprint density at radius 2 is 1.95 bits per heavy atom. The van der Waals surface area contributed by atoms with Gasteiger partial charge in [0.25, 0.3) is 5.91 Å². The Morgan fingerprint density at radius 3 is 2.65 bits per heavy atom. The molecule has 4 heterocycles. The minimum Gasteiger partial charge on any atom is -0.348 e. The van der Waals surface area contributed by atoms with Gasteiger partial charge in [0, 0.05) is 48.8 Å². The molecule has 0 aliphatic carbocycles. The molecule has 1 aliphatic heterocycles. The Labute approximate surface area is 220 Å². The van der Waals surface area contributed by atoms with Gasteiger partial charge in [-0.25, -0.2) is 9.97 Å². The summed E-state index contributed by atoms with van der Waals surface area (Å²) in [6, 6.07) is 7.91. The molecule has 37 heavy (non-hydrogen) atoms. The molecule has 0 spiro atoms. The largest absolute Gasteiger partial charge is 0.348 e. The Hall–Kier alpha value is -3.76. The van der Waals surface area contributed by atoms with Crippen molar-refractivity contribution in [1.82, 2.24) is 39.7 Å². The molecule has 0 radical (unpaired) electrons. The van der Waals surface area contributed by atoms with Crippen molar-refractivity contribution in [2.75, 3.05) is 25.5 Å². The summed E-state index contributed by atoms with van der Waals surface area (Å²) in [6.45, 7) is 8.38. The molecule has 2 N–H and O–H groups in total. The van der Waals surface area contributed by atoms with Gasteiger partial charge in [0.15, 0.2) is 0 Å². The quantitative estimate of drug-likeness (QED) is 0.378. The smallest absolute Gasteiger partial charge is 0.254 e. The van der Waals surface area contributed by atoms with E-state index in [1.165, 1.54) is 0 Å². The zero-order chi connectivity index (χ0) is 26.2. The first-order valence-corrected chi connectivity index (χ1v) is 12.5. The number of likely N-dealkylation sites (N-methyl/N-ethyl adjacent to an activating group) is 1. The minimum absolute atomic E-state index is 0.191. The molecule has 0 atom stereocenters. The molecule has 1 saturated heterocycles. The van der Waals surface area contributed by atoms with Crippen LogP contribution in [0.4, 0.5) is 11.6 Å². The molecule has 0 unspecified atom stereocenters. The number of nitrogens with zero attached hydrogens (tertiary/aromatic N) is 7. The molecule has 1 aromatic carbocycles. The van der Waals surface area contributed by atoms with E-state index >= 15 is 0 Å². The van der Waals surface area contributed by atoms with E-state index in [4.69, 9.17) is 11.6 Å². The fraction of sp³-hybridized carbons (Fsp3) is 0.346. The first-order chi connectivity index (χ1) is 17.7. The van der Waals surface area contributed by atoms with Crippen molar-refractivity contribution in [3.63, 3.8) is 0 Å². The average Bonchev–Trinajstić information content (AvgIpc) is 3.51. The predicted octanol–water partition coefficient (Wildman–Crippen LogP) is 4.11. The van der Waals surface area contributed by atoms with E-state index < -0.39 is 0 Å². The molecule has 1 aliphatic rings. The number of nitrogens with one attached hydrogen (secondary N) is 2. The monoisotopic (exact) mass is 519 g/mol. The highest BCUT2D eigenvalue weighted by Crippen LogP contribution is 2.26. The molecule has 192 valence electrons. The van der Waals surface area contributed by atoms with Crippen LogP contribution in [0.3, 0.4) is 0 Å². The number of amides is 1. The Balaban J connectivity index is 1.22. The van der Waals surface area contributed by atoms with Crippen molar-refractivity contribution in [3.8, 4) is 11.3 Å². The van der Waals surface area contributed by atoms with E-state index in [9.17, 15) is 4.79 Å². The van der Waals surface area contributed by atoms with Crippen LogP contribution in [0, 0.1) is 0 Å². The summed E-state index contributed by atoms with van der Waals surface area (Å²) in [4.78, 5) is 23.8. The van der Waals surface area contributed by atoms with Crippen molar-refractivity contribution >= 4 is 29.1 Å². The van der Waals surface area contributed by atoms with Crippen LogP contribution in [0.2, 0.25) is 5.02 Å². The van der Waals surface area contributed by atoms with E-state index in [1.54, 1.807) is 29.5 Å². The van der Waals surface area contributed by atoms with Crippen molar-refractivity contribution in [2.24, 2.45) is 0 Å². The number of hydrogen-bond acceptors (Lipinski definition) is 7. The Morgan fingerprint density at radius 1 is 1.14 bits per heavy atom. The van der Waals surface area contributed by atoms with E-state index in [2.05, 4.69) is 42.7 Å². The molecular weight excluding hydrogens is 490 g/mol. The maximum absolute atomic E-state index is 12.6. The molecule has 4 aromatic rings. The average molecular weight is 520 g/mol. The van der Waals surface area contributed by atoms with E-state index in [0.29, 0.717) is 29.1 Å². The van der Waals surface area contributed by atoms with Gasteiger partial charge in [-0.15, -0.1) is 0 Å². The van der Waals surface area contributed by atoms with Crippen molar-refractivity contribution in [2.45, 2.75) is 38.9 Å². The summed E-state index contributed by atoms with van der Waals surface area (Å²) in [5.41, 5.74) is 3.55. The number of likely N-dealkylation sites (tertiary alicyclic amines) is 1. The number of benzene rings is 1. The van der Waals surface area contributed by atoms with Crippen LogP contribution in [0.15, 0.2) is 55.2 Å². The summed E-state index contributed by atoms with van der Waals surface area (Å²) in [5, 5.41) is 15.4. The zero-order valence-corrected chi connectivity index (χ0v) is 22.1. The molecule has 11 heteroatoms. The molecular formula is C26H30ClN9O. The number of rotatable bonds is 7. The maximum atomic E-state index is 12.6. The van der Waals surface area contributed by atoms with Crippen LogP contribution >= 0.6 is 11.6 Å². The van der Waals surface area contributed by atoms with Crippen molar-refractivity contribution in [3.05, 3.63) is 71.4 Å². The highest BCUT2D eigenvalue weighted by Gasteiger charge is 2.25. The van der Waals surface area contributed by atoms with Crippen molar-refractivity contribution < 1.29 is 4.79 Å². The third-order valence-corrected chi connectivity index (χ3v) is 6.60. The first-order valence-electron chi connectivity index (χ1n) is 12.1. The second-order valence-corrected chi connectivity index (χ2v) is 10.7. The lowest BCUT2D eigenvalue weighted by atomic mass is 10.1. The lowest BCUT2D eigenvalue weighted by molar-refractivity contribution is 0.0950. The van der Waals surface area contributed by atoms with E-state index in [1.807, 2.05) is 55.9 Å². The standard InChI is InChI=1S/C26H30ClN9O/c1-26(2,3)36-13-19(11-31-36)24(37)29-10-18-6-5-17(9-22(18)27)23-7-8-28-25(33-23)32-20-12-30-35(14-20)21-15-34(4)16-21/h5-9,11-14,21H,10,15-16H2,1-4H3,(H,29,37)(H,28,32,33). The summed E-state index contributed by atoms with van der Waals surface area (Å²) in [5.74, 6) is 0.279. The van der Waals surface area contributed by atoms with Crippen LogP contribution in [0.1, 0.15) is 42.7 Å². The fourth-order valence-electron chi connectivity index (χ4n) is 4.08. The molecule has 3 aromatic heterocycles. The van der Waals surface area contributed by atoms with Gasteiger partial charge in [0.1, 0.15) is 0 Å². The highest BCUT2D eigenvalue weighted by molar-refractivity contribution is 6.31. The lowest BCUT2D eigenvalue weighted by Crippen LogP contribution is -2.45. The van der Waals surface area contributed by atoms with Crippen LogP contribution in [-0.2, 0) is 12.1 Å². The summed E-state index contributed by atoms with van der Waals surface area (Å²) < 4.78 is 3.74. The number of halogens is 1. The number of anilines is 2. The molecule has 0 bridgehead atoms. The molecule has 1 fully saturated rings. The summed E-state index contributed by atoms with van der Waals surface area (Å²) >= 11 is 6.56. The van der Waals surface area contributed by atoms with Gasteiger partial charge in [-0.3, -0.25) is 14.2 Å². The van der Waals surface area contributed by atoms with Crippen molar-refractivity contribution in [1.29, 1.82) is 0 Å². The molecule has 0 saturated carbocycles. The maximum Gasteiger partial charge on any atom is 0.254 e. The Kier molecular flexibility index (Phi) is 6.70. The SMILES string of the molecule is CN1CC(n2cc(Nc3nccc(-c4ccc(CNC(=O)c5cnn(C(C)(C)C)c5)c(Cl)c4)n3)cn2)C1. The Bertz CT molecular complexity index is 1420. The number of aromatic nitrogens is 6. The first kappa shape index (κ1) is 24.9. The van der Waals surface area contributed by atoms with E-state index in [0.717, 1.165) is 35.6 Å². The summed E-state index contributed by atoms with van der Waals surface area (Å²) in [7, 11) is 2.09. The fourth-order valence-corrected chi connectivity index (χ4v) is 4.33. The normalized spacial score (nSPS) is 14.4. The lowest BCUT2D eigenvalue weighted by Gasteiger charge is -2.36. The van der Waals surface area contributed by atoms with Gasteiger partial charge in [-0.1, -0.05) is 23.7 Å². The van der Waals surface area contributed by atoms with Crippen LogP contribution in [0.5, 0.6) is 0 Å². The van der Waals surface area contributed by atoms with Gasteiger partial charge in [-0.2, -0.15) is 10.2 Å². The van der Waals surface area contributed by atoms with Crippen LogP contribution < -0.4 is 10.6 Å². The molecule has 1 amide bonds. The third kappa shape index (κ3) is 5.65. The second-order valence-electron chi connectivity index (χ2n) is 10.3. The number of hydrogen-bond donors (Lipinski definition) is 2. The van der Waals surface area contributed by atoms with Crippen LogP contribution in [-0.4, -0.2) is 60.5 Å². The second kappa shape index (κ2) is 9.95. The zero-order valence-electron chi connectivity index (χ0n) is 21.3. The van der Waals surface area contributed by atoms with Crippen LogP contribution in [0.25, 0.3) is 11.3 Å². The number of carbonyl (C=O) groups is 1. The molecule has 5 rings (SSSR count). The predicted molar refractivity (Wildman–Crippen MR) is 143 cm³/mol. The third-order valence-electron chi connectivity index (χ3n) is 6.25. The topological polar surface area (TPSA) is 106 Å². The van der Waals surface area contributed by atoms with Gasteiger partial charge in [-0.05, 0) is 45.5 Å².